The fourth-order valence-electron chi connectivity index (χ4n) is 3.07. The quantitative estimate of drug-likeness (QED) is 0.702. The Hall–Kier alpha value is -3.15. The van der Waals surface area contributed by atoms with E-state index >= 15 is 0 Å². The lowest BCUT2D eigenvalue weighted by atomic mass is 10.1. The third-order valence-electron chi connectivity index (χ3n) is 4.55. The number of imide groups is 1. The molecule has 6 nitrogen and oxygen atoms in total. The first-order valence-corrected chi connectivity index (χ1v) is 9.10. The van der Waals surface area contributed by atoms with Gasteiger partial charge in [0.25, 0.3) is 5.91 Å². The lowest BCUT2D eigenvalue weighted by Crippen LogP contribution is -2.41. The van der Waals surface area contributed by atoms with Gasteiger partial charge >= 0.3 is 6.03 Å². The van der Waals surface area contributed by atoms with Crippen LogP contribution in [0.2, 0.25) is 0 Å². The van der Waals surface area contributed by atoms with Crippen molar-refractivity contribution in [3.63, 3.8) is 0 Å². The first-order valence-electron chi connectivity index (χ1n) is 9.10. The molecule has 2 N–H and O–H groups in total. The molecular formula is C21H23N3O3. The number of hydrogen-bond donors (Lipinski definition) is 2. The van der Waals surface area contributed by atoms with Gasteiger partial charge in [0, 0.05) is 6.54 Å². The van der Waals surface area contributed by atoms with Gasteiger partial charge in [0.1, 0.15) is 12.6 Å². The summed E-state index contributed by atoms with van der Waals surface area (Å²) in [6, 6.07) is 18.5. The van der Waals surface area contributed by atoms with Crippen LogP contribution in [-0.4, -0.2) is 41.9 Å². The van der Waals surface area contributed by atoms with Crippen molar-refractivity contribution in [1.82, 2.24) is 15.5 Å². The van der Waals surface area contributed by atoms with E-state index in [0.717, 1.165) is 16.0 Å². The van der Waals surface area contributed by atoms with Crippen molar-refractivity contribution in [2.45, 2.75) is 25.3 Å². The summed E-state index contributed by atoms with van der Waals surface area (Å²) < 4.78 is 0. The molecule has 0 spiro atoms. The highest BCUT2D eigenvalue weighted by Crippen LogP contribution is 2.12. The fraction of sp³-hybridized carbons (Fsp3) is 0.286. The van der Waals surface area contributed by atoms with Crippen molar-refractivity contribution >= 4 is 17.8 Å². The number of aryl methyl sites for hydroxylation is 1. The van der Waals surface area contributed by atoms with Crippen LogP contribution in [0.1, 0.15) is 17.5 Å². The molecule has 1 fully saturated rings. The second-order valence-electron chi connectivity index (χ2n) is 6.54. The normalized spacial score (nSPS) is 16.3. The number of carbonyl (C=O) groups excluding carboxylic acids is 3. The van der Waals surface area contributed by atoms with Gasteiger partial charge in [-0.3, -0.25) is 14.5 Å². The minimum absolute atomic E-state index is 0.249. The highest BCUT2D eigenvalue weighted by Gasteiger charge is 2.38. The van der Waals surface area contributed by atoms with Gasteiger partial charge < -0.3 is 10.6 Å². The lowest BCUT2D eigenvalue weighted by Gasteiger charge is -2.13. The van der Waals surface area contributed by atoms with Gasteiger partial charge in [0.05, 0.1) is 0 Å². The van der Waals surface area contributed by atoms with Crippen molar-refractivity contribution in [3.8, 4) is 0 Å². The average molecular weight is 365 g/mol. The van der Waals surface area contributed by atoms with E-state index in [1.165, 1.54) is 0 Å². The van der Waals surface area contributed by atoms with Crippen LogP contribution in [0, 0.1) is 0 Å². The number of nitrogens with one attached hydrogen (secondary N) is 2. The first-order chi connectivity index (χ1) is 13.1. The molecule has 1 aliphatic heterocycles. The molecule has 1 heterocycles. The minimum Gasteiger partial charge on any atom is -0.354 e. The van der Waals surface area contributed by atoms with E-state index in [-0.39, 0.29) is 18.4 Å². The second kappa shape index (κ2) is 8.98. The molecule has 1 saturated heterocycles. The second-order valence-corrected chi connectivity index (χ2v) is 6.54. The number of benzene rings is 2. The summed E-state index contributed by atoms with van der Waals surface area (Å²) in [5.41, 5.74) is 2.23. The highest BCUT2D eigenvalue weighted by atomic mass is 16.2. The van der Waals surface area contributed by atoms with E-state index in [0.29, 0.717) is 25.8 Å². The highest BCUT2D eigenvalue weighted by molar-refractivity contribution is 6.06. The van der Waals surface area contributed by atoms with Crippen molar-refractivity contribution in [2.24, 2.45) is 0 Å². The molecule has 3 rings (SSSR count). The maximum atomic E-state index is 12.4. The lowest BCUT2D eigenvalue weighted by molar-refractivity contribution is -0.132. The van der Waals surface area contributed by atoms with Crippen LogP contribution in [0.15, 0.2) is 60.7 Å². The van der Waals surface area contributed by atoms with E-state index in [9.17, 15) is 14.4 Å². The molecule has 0 saturated carbocycles. The van der Waals surface area contributed by atoms with Crippen molar-refractivity contribution in [1.29, 1.82) is 0 Å². The number of rotatable bonds is 8. The first kappa shape index (κ1) is 18.6. The van der Waals surface area contributed by atoms with Crippen molar-refractivity contribution in [2.75, 3.05) is 13.1 Å². The Morgan fingerprint density at radius 2 is 1.52 bits per heavy atom. The molecule has 0 aromatic heterocycles. The Kier molecular flexibility index (Phi) is 6.20. The summed E-state index contributed by atoms with van der Waals surface area (Å²) in [4.78, 5) is 37.6. The molecule has 2 aromatic rings. The van der Waals surface area contributed by atoms with E-state index in [2.05, 4.69) is 10.6 Å². The zero-order valence-electron chi connectivity index (χ0n) is 15.1. The van der Waals surface area contributed by atoms with Crippen LogP contribution in [0.4, 0.5) is 4.79 Å². The van der Waals surface area contributed by atoms with Gasteiger partial charge in [-0.1, -0.05) is 60.7 Å². The Balaban J connectivity index is 1.44. The predicted octanol–water partition coefficient (Wildman–Crippen LogP) is 1.90. The zero-order chi connectivity index (χ0) is 19.1. The third-order valence-corrected chi connectivity index (χ3v) is 4.55. The van der Waals surface area contributed by atoms with E-state index < -0.39 is 12.1 Å². The third kappa shape index (κ3) is 5.17. The molecule has 4 amide bonds. The Morgan fingerprint density at radius 3 is 2.15 bits per heavy atom. The van der Waals surface area contributed by atoms with Crippen molar-refractivity contribution < 1.29 is 14.4 Å². The van der Waals surface area contributed by atoms with Gasteiger partial charge in [-0.2, -0.15) is 0 Å². The number of carbonyl (C=O) groups is 3. The minimum atomic E-state index is -0.574. The predicted molar refractivity (Wildman–Crippen MR) is 102 cm³/mol. The Labute approximate surface area is 158 Å². The summed E-state index contributed by atoms with van der Waals surface area (Å²) >= 11 is 0. The molecule has 0 unspecified atom stereocenters. The summed E-state index contributed by atoms with van der Waals surface area (Å²) in [5, 5.41) is 5.43. The molecular weight excluding hydrogens is 342 g/mol. The number of hydrogen-bond acceptors (Lipinski definition) is 3. The van der Waals surface area contributed by atoms with E-state index in [4.69, 9.17) is 0 Å². The molecule has 1 aliphatic rings. The topological polar surface area (TPSA) is 78.5 Å². The average Bonchev–Trinajstić information content (AvgIpc) is 2.95. The standard InChI is InChI=1S/C21H23N3O3/c25-19(22-14-13-17-9-5-2-6-10-17)15-24-20(26)18(23-21(24)27)12-11-16-7-3-1-4-8-16/h1-10,18H,11-15H2,(H,22,25)(H,23,27)/t18-/m1/s1. The zero-order valence-corrected chi connectivity index (χ0v) is 15.1. The molecule has 0 bridgehead atoms. The Bertz CT molecular complexity index is 793. The summed E-state index contributed by atoms with van der Waals surface area (Å²) in [6.07, 6.45) is 1.90. The SMILES string of the molecule is O=C(CN1C(=O)N[C@H](CCc2ccccc2)C1=O)NCCc1ccccc1. The van der Waals surface area contributed by atoms with Crippen LogP contribution >= 0.6 is 0 Å². The number of amides is 4. The Morgan fingerprint density at radius 1 is 0.926 bits per heavy atom. The maximum absolute atomic E-state index is 12.4. The number of urea groups is 1. The molecule has 2 aromatic carbocycles. The van der Waals surface area contributed by atoms with Crippen molar-refractivity contribution in [3.05, 3.63) is 71.8 Å². The van der Waals surface area contributed by atoms with Crippen LogP contribution in [0.25, 0.3) is 0 Å². The smallest absolute Gasteiger partial charge is 0.325 e. The monoisotopic (exact) mass is 365 g/mol. The summed E-state index contributed by atoms with van der Waals surface area (Å²) in [6.45, 7) is 0.214. The van der Waals surface area contributed by atoms with Crippen LogP contribution in [0.3, 0.4) is 0 Å². The molecule has 140 valence electrons. The van der Waals surface area contributed by atoms with Crippen LogP contribution in [0.5, 0.6) is 0 Å². The fourth-order valence-corrected chi connectivity index (χ4v) is 3.07. The summed E-state index contributed by atoms with van der Waals surface area (Å²) in [5.74, 6) is -0.674. The van der Waals surface area contributed by atoms with Gasteiger partial charge in [-0.15, -0.1) is 0 Å². The molecule has 0 radical (unpaired) electrons. The van der Waals surface area contributed by atoms with Gasteiger partial charge in [0.15, 0.2) is 0 Å². The molecule has 0 aliphatic carbocycles. The largest absolute Gasteiger partial charge is 0.354 e. The van der Waals surface area contributed by atoms with Gasteiger partial charge in [-0.05, 0) is 30.4 Å². The molecule has 6 heteroatoms. The van der Waals surface area contributed by atoms with Gasteiger partial charge in [-0.25, -0.2) is 4.79 Å². The summed E-state index contributed by atoms with van der Waals surface area (Å²) in [7, 11) is 0. The van der Waals surface area contributed by atoms with Crippen LogP contribution in [-0.2, 0) is 22.4 Å². The van der Waals surface area contributed by atoms with E-state index in [1.54, 1.807) is 0 Å². The maximum Gasteiger partial charge on any atom is 0.325 e. The molecule has 1 atom stereocenters. The van der Waals surface area contributed by atoms with E-state index in [1.807, 2.05) is 60.7 Å². The van der Waals surface area contributed by atoms with Gasteiger partial charge in [0.2, 0.25) is 5.91 Å². The number of nitrogens with zero attached hydrogens (tertiary/aromatic N) is 1. The molecule has 27 heavy (non-hydrogen) atoms. The van der Waals surface area contributed by atoms with Crippen LogP contribution < -0.4 is 10.6 Å².